The minimum Gasteiger partial charge on any atom is -0.396 e. The van der Waals surface area contributed by atoms with Gasteiger partial charge in [-0.3, -0.25) is 14.4 Å². The number of fused-ring (bicyclic) bond motifs is 1. The zero-order chi connectivity index (χ0) is 26.9. The molecule has 1 N–H and O–H groups in total. The maximum atomic E-state index is 14.3. The molecule has 8 nitrogen and oxygen atoms in total. The van der Waals surface area contributed by atoms with E-state index in [0.29, 0.717) is 51.7 Å². The topological polar surface area (TPSA) is 90.4 Å². The van der Waals surface area contributed by atoms with Crippen molar-refractivity contribution < 1.29 is 24.2 Å². The minimum atomic E-state index is -1.03. The van der Waals surface area contributed by atoms with Crippen molar-refractivity contribution in [2.75, 3.05) is 33.3 Å². The molecular weight excluding hydrogens is 458 g/mol. The molecule has 3 saturated heterocycles. The molecule has 2 unspecified atom stereocenters. The highest BCUT2D eigenvalue weighted by atomic mass is 16.5. The van der Waals surface area contributed by atoms with Crippen LogP contribution < -0.4 is 0 Å². The largest absolute Gasteiger partial charge is 0.396 e. The summed E-state index contributed by atoms with van der Waals surface area (Å²) in [6, 6.07) is -0.792. The number of hydrogen-bond acceptors (Lipinski definition) is 5. The molecule has 3 aliphatic heterocycles. The first kappa shape index (κ1) is 28.4. The zero-order valence-electron chi connectivity index (χ0n) is 22.8. The lowest BCUT2D eigenvalue weighted by atomic mass is 9.64. The van der Waals surface area contributed by atoms with Gasteiger partial charge in [-0.1, -0.05) is 19.1 Å². The van der Waals surface area contributed by atoms with Gasteiger partial charge in [-0.05, 0) is 59.3 Å². The van der Waals surface area contributed by atoms with Gasteiger partial charge in [0.25, 0.3) is 0 Å². The van der Waals surface area contributed by atoms with Gasteiger partial charge in [0.15, 0.2) is 0 Å². The van der Waals surface area contributed by atoms with Crippen molar-refractivity contribution in [2.24, 2.45) is 11.8 Å². The predicted molar refractivity (Wildman–Crippen MR) is 139 cm³/mol. The predicted octanol–water partition coefficient (Wildman–Crippen LogP) is 2.76. The number of amides is 3. The van der Waals surface area contributed by atoms with Crippen molar-refractivity contribution in [1.29, 1.82) is 0 Å². The molecule has 0 radical (unpaired) electrons. The van der Waals surface area contributed by atoms with Crippen molar-refractivity contribution in [1.82, 2.24) is 14.7 Å². The second-order valence-electron chi connectivity index (χ2n) is 11.6. The van der Waals surface area contributed by atoms with Gasteiger partial charge < -0.3 is 24.5 Å². The summed E-state index contributed by atoms with van der Waals surface area (Å²) in [4.78, 5) is 47.3. The lowest BCUT2D eigenvalue weighted by molar-refractivity contribution is -0.157. The van der Waals surface area contributed by atoms with Crippen molar-refractivity contribution in [2.45, 2.75) is 89.0 Å². The first-order valence-electron chi connectivity index (χ1n) is 13.4. The number of aliphatic hydroxyl groups excluding tert-OH is 1. The molecule has 0 aliphatic carbocycles. The highest BCUT2D eigenvalue weighted by molar-refractivity contribution is 5.99. The summed E-state index contributed by atoms with van der Waals surface area (Å²) in [6.45, 7) is 16.8. The third-order valence-electron chi connectivity index (χ3n) is 8.40. The van der Waals surface area contributed by atoms with Crippen LogP contribution in [0.4, 0.5) is 0 Å². The smallest absolute Gasteiger partial charge is 0.249 e. The number of carbonyl (C=O) groups is 3. The lowest BCUT2D eigenvalue weighted by Crippen LogP contribution is -2.60. The number of likely N-dealkylation sites (tertiary alicyclic amines) is 1. The number of ether oxygens (including phenoxy) is 1. The Bertz CT molecular complexity index is 883. The molecule has 36 heavy (non-hydrogen) atoms. The standard InChI is InChI=1S/C28H45N3O5/c1-8-16-29(7)23(33)20-21-24(34)30(18-12-11-13-19-32)22(25(35)31(17-9-2)26(4,5)6)28(21)15-14-27(20,10-3)36-28/h8-9,20-22,32H,1-2,10-19H2,3-7H3/t20-,21-,22?,27+,28?/m0/s1. The van der Waals surface area contributed by atoms with Gasteiger partial charge in [0, 0.05) is 38.8 Å². The number of unbranched alkanes of at least 4 members (excludes halogenated alkanes) is 2. The number of likely N-dealkylation sites (N-methyl/N-ethyl adjacent to an activating group) is 1. The Labute approximate surface area is 216 Å². The van der Waals surface area contributed by atoms with E-state index in [1.54, 1.807) is 33.9 Å². The second kappa shape index (κ2) is 10.7. The fourth-order valence-corrected chi connectivity index (χ4v) is 6.68. The van der Waals surface area contributed by atoms with Gasteiger partial charge in [-0.25, -0.2) is 0 Å². The van der Waals surface area contributed by atoms with Crippen LogP contribution in [0, 0.1) is 11.8 Å². The Morgan fingerprint density at radius 2 is 1.81 bits per heavy atom. The molecule has 3 rings (SSSR count). The van der Waals surface area contributed by atoms with E-state index in [1.807, 2.05) is 27.7 Å². The molecule has 5 atom stereocenters. The van der Waals surface area contributed by atoms with Crippen LogP contribution in [-0.4, -0.2) is 93.6 Å². The fraction of sp³-hybridized carbons (Fsp3) is 0.750. The molecule has 0 aromatic carbocycles. The van der Waals surface area contributed by atoms with Gasteiger partial charge >= 0.3 is 0 Å². The van der Waals surface area contributed by atoms with Crippen LogP contribution in [0.25, 0.3) is 0 Å². The van der Waals surface area contributed by atoms with Gasteiger partial charge in [0.1, 0.15) is 11.6 Å². The monoisotopic (exact) mass is 503 g/mol. The summed E-state index contributed by atoms with van der Waals surface area (Å²) >= 11 is 0. The van der Waals surface area contributed by atoms with Crippen molar-refractivity contribution >= 4 is 17.7 Å². The Hall–Kier alpha value is -2.19. The van der Waals surface area contributed by atoms with Gasteiger partial charge in [0.05, 0.1) is 17.4 Å². The Morgan fingerprint density at radius 3 is 2.36 bits per heavy atom. The molecule has 0 aromatic rings. The third kappa shape index (κ3) is 4.51. The van der Waals surface area contributed by atoms with Crippen molar-refractivity contribution in [3.63, 3.8) is 0 Å². The molecule has 3 aliphatic rings. The van der Waals surface area contributed by atoms with Crippen LogP contribution in [0.3, 0.4) is 0 Å². The van der Waals surface area contributed by atoms with Crippen LogP contribution in [0.2, 0.25) is 0 Å². The van der Waals surface area contributed by atoms with Crippen molar-refractivity contribution in [3.8, 4) is 0 Å². The summed E-state index contributed by atoms with van der Waals surface area (Å²) in [6.07, 6.45) is 7.26. The van der Waals surface area contributed by atoms with Gasteiger partial charge in [-0.2, -0.15) is 0 Å². The average Bonchev–Trinajstić information content (AvgIpc) is 3.42. The van der Waals surface area contributed by atoms with E-state index in [-0.39, 0.29) is 24.3 Å². The molecule has 3 amide bonds. The Balaban J connectivity index is 2.09. The molecule has 1 spiro atoms. The first-order valence-corrected chi connectivity index (χ1v) is 13.4. The third-order valence-corrected chi connectivity index (χ3v) is 8.40. The van der Waals surface area contributed by atoms with E-state index in [4.69, 9.17) is 4.74 Å². The van der Waals surface area contributed by atoms with Crippen molar-refractivity contribution in [3.05, 3.63) is 25.3 Å². The zero-order valence-corrected chi connectivity index (χ0v) is 22.8. The quantitative estimate of drug-likeness (QED) is 0.327. The summed E-state index contributed by atoms with van der Waals surface area (Å²) in [7, 11) is 1.73. The van der Waals surface area contributed by atoms with Crippen LogP contribution in [0.15, 0.2) is 25.3 Å². The fourth-order valence-electron chi connectivity index (χ4n) is 6.68. The van der Waals surface area contributed by atoms with E-state index >= 15 is 0 Å². The summed E-state index contributed by atoms with van der Waals surface area (Å²) in [5.41, 5.74) is -2.26. The van der Waals surface area contributed by atoms with E-state index in [1.165, 1.54) is 0 Å². The van der Waals surface area contributed by atoms with Crippen LogP contribution in [-0.2, 0) is 19.1 Å². The van der Waals surface area contributed by atoms with E-state index < -0.39 is 34.6 Å². The summed E-state index contributed by atoms with van der Waals surface area (Å²) in [5, 5.41) is 9.21. The Morgan fingerprint density at radius 1 is 1.14 bits per heavy atom. The number of aliphatic hydroxyl groups is 1. The molecule has 8 heteroatoms. The normalized spacial score (nSPS) is 30.9. The minimum absolute atomic E-state index is 0.0916. The number of rotatable bonds is 12. The van der Waals surface area contributed by atoms with Crippen LogP contribution >= 0.6 is 0 Å². The highest BCUT2D eigenvalue weighted by Gasteiger charge is 2.79. The molecule has 202 valence electrons. The number of carbonyl (C=O) groups excluding carboxylic acids is 3. The SMILES string of the molecule is C=CCN(C)C(=O)[C@@H]1[C@H]2C(=O)N(CCCCCO)C(C(=O)N(CC=C)C(C)(C)C)C23CC[C@@]1(CC)O3. The molecule has 2 bridgehead atoms. The Kier molecular flexibility index (Phi) is 8.40. The van der Waals surface area contributed by atoms with Gasteiger partial charge in [-0.15, -0.1) is 13.2 Å². The van der Waals surface area contributed by atoms with Crippen LogP contribution in [0.5, 0.6) is 0 Å². The number of hydrogen-bond donors (Lipinski definition) is 1. The second-order valence-corrected chi connectivity index (χ2v) is 11.6. The van der Waals surface area contributed by atoms with E-state index in [9.17, 15) is 19.5 Å². The molecule has 0 aromatic heterocycles. The van der Waals surface area contributed by atoms with Crippen LogP contribution in [0.1, 0.15) is 66.2 Å². The first-order chi connectivity index (χ1) is 17.0. The molecule has 3 heterocycles. The lowest BCUT2D eigenvalue weighted by Gasteiger charge is -2.42. The van der Waals surface area contributed by atoms with Gasteiger partial charge in [0.2, 0.25) is 17.7 Å². The molecular formula is C28H45N3O5. The molecule has 0 saturated carbocycles. The maximum absolute atomic E-state index is 14.3. The van der Waals surface area contributed by atoms with E-state index in [0.717, 1.165) is 6.42 Å². The summed E-state index contributed by atoms with van der Waals surface area (Å²) < 4.78 is 6.84. The summed E-state index contributed by atoms with van der Waals surface area (Å²) in [5.74, 6) is -1.76. The number of nitrogens with zero attached hydrogens (tertiary/aromatic N) is 3. The highest BCUT2D eigenvalue weighted by Crippen LogP contribution is 2.64. The maximum Gasteiger partial charge on any atom is 0.249 e. The van der Waals surface area contributed by atoms with E-state index in [2.05, 4.69) is 13.2 Å². The molecule has 3 fully saturated rings. The average molecular weight is 504 g/mol.